The predicted octanol–water partition coefficient (Wildman–Crippen LogP) is 2.70. The van der Waals surface area contributed by atoms with Gasteiger partial charge in [0.15, 0.2) is 5.16 Å². The van der Waals surface area contributed by atoms with Gasteiger partial charge in [-0.2, -0.15) is 0 Å². The molecular formula is C18H18N4O3S2. The number of para-hydroxylation sites is 1. The molecule has 2 amide bonds. The molecule has 140 valence electrons. The molecule has 0 bridgehead atoms. The minimum absolute atomic E-state index is 0.0601. The fourth-order valence-electron chi connectivity index (χ4n) is 2.57. The molecule has 3 rings (SSSR count). The molecule has 0 aliphatic rings. The van der Waals surface area contributed by atoms with Gasteiger partial charge in [0, 0.05) is 6.54 Å². The Kier molecular flexibility index (Phi) is 5.92. The Labute approximate surface area is 163 Å². The first-order valence-electron chi connectivity index (χ1n) is 8.30. The number of amides is 2. The summed E-state index contributed by atoms with van der Waals surface area (Å²) in [6, 6.07) is 8.73. The fourth-order valence-corrected chi connectivity index (χ4v) is 4.21. The molecule has 3 aromatic rings. The topological polar surface area (TPSA) is 107 Å². The molecule has 2 aromatic heterocycles. The highest BCUT2D eigenvalue weighted by atomic mass is 32.2. The molecule has 0 fully saturated rings. The maximum atomic E-state index is 12.7. The third-order valence-corrected chi connectivity index (χ3v) is 5.60. The lowest BCUT2D eigenvalue weighted by atomic mass is 10.2. The van der Waals surface area contributed by atoms with Crippen LogP contribution in [0.25, 0.3) is 10.9 Å². The number of anilines is 1. The molecule has 7 nitrogen and oxygen atoms in total. The number of nitrogens with zero attached hydrogens (tertiary/aromatic N) is 2. The van der Waals surface area contributed by atoms with Crippen LogP contribution in [-0.4, -0.2) is 27.1 Å². The second-order valence-electron chi connectivity index (χ2n) is 5.73. The molecule has 0 spiro atoms. The molecule has 1 aromatic carbocycles. The summed E-state index contributed by atoms with van der Waals surface area (Å²) in [5, 5.41) is 5.85. The summed E-state index contributed by atoms with van der Waals surface area (Å²) in [5.74, 6) is -0.826. The second kappa shape index (κ2) is 8.36. The number of hydrogen-bond acceptors (Lipinski definition) is 6. The molecule has 0 unspecified atom stereocenters. The van der Waals surface area contributed by atoms with Crippen LogP contribution in [0.15, 0.2) is 45.7 Å². The molecule has 9 heteroatoms. The zero-order valence-electron chi connectivity index (χ0n) is 14.6. The SMILES string of the molecule is CCCn1c(SCC(=O)Nc2sccc2C(N)=O)nc2ccccc2c1=O. The summed E-state index contributed by atoms with van der Waals surface area (Å²) < 4.78 is 1.60. The number of carbonyl (C=O) groups is 2. The van der Waals surface area contributed by atoms with Crippen molar-refractivity contribution < 1.29 is 9.59 Å². The molecule has 0 aliphatic carbocycles. The molecule has 0 radical (unpaired) electrons. The third kappa shape index (κ3) is 4.20. The Hall–Kier alpha value is -2.65. The highest BCUT2D eigenvalue weighted by molar-refractivity contribution is 7.99. The van der Waals surface area contributed by atoms with Gasteiger partial charge in [0.2, 0.25) is 5.91 Å². The van der Waals surface area contributed by atoms with Gasteiger partial charge in [0.05, 0.1) is 22.2 Å². The van der Waals surface area contributed by atoms with Crippen LogP contribution < -0.4 is 16.6 Å². The number of hydrogen-bond donors (Lipinski definition) is 2. The van der Waals surface area contributed by atoms with Crippen molar-refractivity contribution in [2.45, 2.75) is 25.0 Å². The van der Waals surface area contributed by atoms with Gasteiger partial charge in [-0.05, 0) is 30.0 Å². The minimum atomic E-state index is -0.591. The van der Waals surface area contributed by atoms with E-state index in [9.17, 15) is 14.4 Å². The van der Waals surface area contributed by atoms with Gasteiger partial charge in [-0.15, -0.1) is 11.3 Å². The normalized spacial score (nSPS) is 10.9. The molecule has 27 heavy (non-hydrogen) atoms. The summed E-state index contributed by atoms with van der Waals surface area (Å²) in [5.41, 5.74) is 6.06. The fraction of sp³-hybridized carbons (Fsp3) is 0.222. The van der Waals surface area contributed by atoms with Gasteiger partial charge in [-0.3, -0.25) is 19.0 Å². The van der Waals surface area contributed by atoms with Crippen LogP contribution in [0.2, 0.25) is 0 Å². The van der Waals surface area contributed by atoms with E-state index in [1.54, 1.807) is 34.2 Å². The number of aromatic nitrogens is 2. The number of thiophene rings is 1. The van der Waals surface area contributed by atoms with Crippen LogP contribution in [0.5, 0.6) is 0 Å². The summed E-state index contributed by atoms with van der Waals surface area (Å²) in [6.07, 6.45) is 0.775. The van der Waals surface area contributed by atoms with Crippen LogP contribution in [0, 0.1) is 0 Å². The highest BCUT2D eigenvalue weighted by Crippen LogP contribution is 2.24. The van der Waals surface area contributed by atoms with E-state index in [2.05, 4.69) is 10.3 Å². The first-order chi connectivity index (χ1) is 13.0. The van der Waals surface area contributed by atoms with E-state index in [0.29, 0.717) is 27.6 Å². The van der Waals surface area contributed by atoms with Crippen molar-refractivity contribution in [3.05, 3.63) is 51.6 Å². The molecule has 0 aliphatic heterocycles. The monoisotopic (exact) mass is 402 g/mol. The number of rotatable bonds is 7. The first-order valence-corrected chi connectivity index (χ1v) is 10.2. The minimum Gasteiger partial charge on any atom is -0.366 e. The summed E-state index contributed by atoms with van der Waals surface area (Å²) in [4.78, 5) is 40.9. The van der Waals surface area contributed by atoms with E-state index >= 15 is 0 Å². The summed E-state index contributed by atoms with van der Waals surface area (Å²) >= 11 is 2.42. The Morgan fingerprint density at radius 1 is 1.30 bits per heavy atom. The van der Waals surface area contributed by atoms with Crippen LogP contribution in [0.3, 0.4) is 0 Å². The van der Waals surface area contributed by atoms with Crippen molar-refractivity contribution in [3.8, 4) is 0 Å². The van der Waals surface area contributed by atoms with E-state index in [-0.39, 0.29) is 22.8 Å². The van der Waals surface area contributed by atoms with Crippen LogP contribution in [0.4, 0.5) is 5.00 Å². The van der Waals surface area contributed by atoms with E-state index in [4.69, 9.17) is 5.73 Å². The first kappa shape index (κ1) is 19.1. The van der Waals surface area contributed by atoms with E-state index in [1.165, 1.54) is 23.1 Å². The van der Waals surface area contributed by atoms with Crippen LogP contribution in [-0.2, 0) is 11.3 Å². The van der Waals surface area contributed by atoms with Gasteiger partial charge < -0.3 is 11.1 Å². The second-order valence-corrected chi connectivity index (χ2v) is 7.59. The number of primary amides is 1. The lowest BCUT2D eigenvalue weighted by molar-refractivity contribution is -0.113. The van der Waals surface area contributed by atoms with E-state index in [1.807, 2.05) is 13.0 Å². The summed E-state index contributed by atoms with van der Waals surface area (Å²) in [7, 11) is 0. The van der Waals surface area contributed by atoms with Crippen molar-refractivity contribution in [2.24, 2.45) is 5.73 Å². The van der Waals surface area contributed by atoms with Gasteiger partial charge in [-0.1, -0.05) is 30.8 Å². The van der Waals surface area contributed by atoms with Crippen molar-refractivity contribution in [3.63, 3.8) is 0 Å². The standard InChI is InChI=1S/C18H18N4O3S2/c1-2-8-22-17(25)11-5-3-4-6-13(11)20-18(22)27-10-14(23)21-16-12(15(19)24)7-9-26-16/h3-7,9H,2,8,10H2,1H3,(H2,19,24)(H,21,23). The van der Waals surface area contributed by atoms with E-state index < -0.39 is 5.91 Å². The molecule has 0 saturated carbocycles. The molecule has 0 atom stereocenters. The van der Waals surface area contributed by atoms with Gasteiger partial charge in [0.1, 0.15) is 5.00 Å². The van der Waals surface area contributed by atoms with E-state index in [0.717, 1.165) is 6.42 Å². The van der Waals surface area contributed by atoms with Crippen LogP contribution in [0.1, 0.15) is 23.7 Å². The zero-order chi connectivity index (χ0) is 19.4. The molecule has 3 N–H and O–H groups in total. The molecule has 2 heterocycles. The summed E-state index contributed by atoms with van der Waals surface area (Å²) in [6.45, 7) is 2.50. The predicted molar refractivity (Wildman–Crippen MR) is 108 cm³/mol. The maximum Gasteiger partial charge on any atom is 0.262 e. The van der Waals surface area contributed by atoms with Gasteiger partial charge in [-0.25, -0.2) is 4.98 Å². The smallest absolute Gasteiger partial charge is 0.262 e. The Balaban J connectivity index is 1.80. The number of carbonyl (C=O) groups excluding carboxylic acids is 2. The Morgan fingerprint density at radius 3 is 2.81 bits per heavy atom. The Bertz CT molecular complexity index is 1060. The van der Waals surface area contributed by atoms with Gasteiger partial charge in [0.25, 0.3) is 11.5 Å². The quantitative estimate of drug-likeness (QED) is 0.467. The number of benzene rings is 1. The van der Waals surface area contributed by atoms with Crippen molar-refractivity contribution in [1.82, 2.24) is 9.55 Å². The third-order valence-electron chi connectivity index (χ3n) is 3.79. The lowest BCUT2D eigenvalue weighted by Crippen LogP contribution is -2.24. The molecule has 0 saturated heterocycles. The zero-order valence-corrected chi connectivity index (χ0v) is 16.2. The average molecular weight is 403 g/mol. The average Bonchev–Trinajstić information content (AvgIpc) is 3.11. The largest absolute Gasteiger partial charge is 0.366 e. The van der Waals surface area contributed by atoms with Crippen LogP contribution >= 0.6 is 23.1 Å². The lowest BCUT2D eigenvalue weighted by Gasteiger charge is -2.12. The maximum absolute atomic E-state index is 12.7. The number of nitrogens with two attached hydrogens (primary N) is 1. The number of fused-ring (bicyclic) bond motifs is 1. The number of nitrogens with one attached hydrogen (secondary N) is 1. The Morgan fingerprint density at radius 2 is 2.07 bits per heavy atom. The van der Waals surface area contributed by atoms with Gasteiger partial charge >= 0.3 is 0 Å². The van der Waals surface area contributed by atoms with Crippen molar-refractivity contribution in [2.75, 3.05) is 11.1 Å². The highest BCUT2D eigenvalue weighted by Gasteiger charge is 2.15. The molecular weight excluding hydrogens is 384 g/mol. The van der Waals surface area contributed by atoms with Crippen molar-refractivity contribution in [1.29, 1.82) is 0 Å². The number of thioether (sulfide) groups is 1. The van der Waals surface area contributed by atoms with Crippen molar-refractivity contribution >= 4 is 50.8 Å².